The number of para-hydroxylation sites is 2. The molecule has 5 aromatic carbocycles. The maximum atomic E-state index is 13.5. The number of anilines is 1. The third-order valence-corrected chi connectivity index (χ3v) is 13.0. The molecule has 63 heavy (non-hydrogen) atoms. The lowest BCUT2D eigenvalue weighted by Crippen LogP contribution is -2.44. The highest BCUT2D eigenvalue weighted by molar-refractivity contribution is 6.03. The summed E-state index contributed by atoms with van der Waals surface area (Å²) >= 11 is 0. The topological polar surface area (TPSA) is 83.3 Å². The van der Waals surface area contributed by atoms with Crippen molar-refractivity contribution in [1.82, 2.24) is 5.32 Å². The van der Waals surface area contributed by atoms with Gasteiger partial charge in [-0.05, 0) is 92.3 Å². The van der Waals surface area contributed by atoms with Crippen LogP contribution in [-0.4, -0.2) is 67.9 Å². The number of hydrogen-bond donors (Lipinski definition) is 2. The van der Waals surface area contributed by atoms with Gasteiger partial charge in [0.15, 0.2) is 5.71 Å². The quantitative estimate of drug-likeness (QED) is 0.0489. The number of likely N-dealkylation sites (N-methyl/N-ethyl adjacent to an activating group) is 1. The number of allylic oxidation sites excluding steroid dienone is 4. The molecule has 7 rings (SSSR count). The minimum absolute atomic E-state index is 0.0725. The second kappa shape index (κ2) is 19.6. The van der Waals surface area contributed by atoms with Crippen molar-refractivity contribution in [2.75, 3.05) is 45.4 Å². The van der Waals surface area contributed by atoms with Crippen molar-refractivity contribution in [3.63, 3.8) is 0 Å². The van der Waals surface area contributed by atoms with Crippen LogP contribution in [0.25, 0.3) is 0 Å². The Morgan fingerprint density at radius 1 is 0.746 bits per heavy atom. The lowest BCUT2D eigenvalue weighted by Gasteiger charge is -2.37. The Balaban J connectivity index is 1.02. The number of carbonyl (C=O) groups is 1. The molecular formula is C55H64N3O5+. The molecule has 0 saturated carbocycles. The molecule has 1 unspecified atom stereocenters. The van der Waals surface area contributed by atoms with Gasteiger partial charge in [-0.25, -0.2) is 0 Å². The number of nitrogens with zero attached hydrogens (tertiary/aromatic N) is 2. The molecule has 0 saturated heterocycles. The smallest absolute Gasteiger partial charge is 0.220 e. The zero-order chi connectivity index (χ0) is 44.6. The fraction of sp³-hybridized carbons (Fsp3) is 0.345. The van der Waals surface area contributed by atoms with Crippen LogP contribution in [-0.2, 0) is 26.0 Å². The Bertz CT molecular complexity index is 2390. The number of carbonyl (C=O) groups excluding carboxylic acids is 1. The summed E-state index contributed by atoms with van der Waals surface area (Å²) in [4.78, 5) is 15.9. The van der Waals surface area contributed by atoms with Crippen molar-refractivity contribution < 1.29 is 28.7 Å². The molecule has 8 nitrogen and oxygen atoms in total. The summed E-state index contributed by atoms with van der Waals surface area (Å²) in [5, 5.41) is 13.6. The van der Waals surface area contributed by atoms with Crippen molar-refractivity contribution in [3.8, 4) is 11.5 Å². The van der Waals surface area contributed by atoms with Gasteiger partial charge < -0.3 is 29.5 Å². The molecule has 1 atom stereocenters. The number of aliphatic hydroxyl groups is 1. The van der Waals surface area contributed by atoms with E-state index in [2.05, 4.69) is 116 Å². The van der Waals surface area contributed by atoms with Crippen molar-refractivity contribution in [3.05, 3.63) is 179 Å². The van der Waals surface area contributed by atoms with Gasteiger partial charge in [0.1, 0.15) is 23.6 Å². The fourth-order valence-electron chi connectivity index (χ4n) is 9.57. The van der Waals surface area contributed by atoms with Crippen LogP contribution in [0.5, 0.6) is 11.5 Å². The first-order chi connectivity index (χ1) is 30.5. The van der Waals surface area contributed by atoms with E-state index in [1.54, 1.807) is 14.2 Å². The van der Waals surface area contributed by atoms with E-state index in [9.17, 15) is 9.90 Å². The normalized spacial score (nSPS) is 16.3. The average molecular weight is 847 g/mol. The first-order valence-electron chi connectivity index (χ1n) is 22.4. The van der Waals surface area contributed by atoms with Gasteiger partial charge in [0, 0.05) is 53.9 Å². The van der Waals surface area contributed by atoms with Crippen molar-refractivity contribution in [2.45, 2.75) is 82.8 Å². The van der Waals surface area contributed by atoms with Crippen LogP contribution in [0.4, 0.5) is 11.4 Å². The Labute approximate surface area is 374 Å². The van der Waals surface area contributed by atoms with E-state index in [-0.39, 0.29) is 30.0 Å². The number of benzene rings is 5. The lowest BCUT2D eigenvalue weighted by atomic mass is 9.80. The molecule has 1 amide bonds. The molecule has 0 fully saturated rings. The molecule has 2 heterocycles. The van der Waals surface area contributed by atoms with Crippen LogP contribution in [0.15, 0.2) is 151 Å². The second-order valence-corrected chi connectivity index (χ2v) is 17.5. The standard InChI is InChI=1S/C55H63N3O5/c1-8-57-48-24-16-14-22-46(48)53(2,3)50(57)26-19-27-51-54(4,5)47-23-15-17-25-49(47)58(51)37-18-10-13-28-52(60)56-43(38-59)39-63-55(40-20-11-9-12-21-40,41-29-33-44(61-6)34-30-41)42-31-35-45(62-7)36-32-42/h9,11-12,14-17,19-27,29-36,43,59H,8,10,13,18,28,37-39H2,1-7H3/p+1. The van der Waals surface area contributed by atoms with E-state index in [0.29, 0.717) is 6.42 Å². The van der Waals surface area contributed by atoms with Crippen molar-refractivity contribution >= 4 is 23.0 Å². The van der Waals surface area contributed by atoms with Crippen molar-refractivity contribution in [2.24, 2.45) is 0 Å². The maximum absolute atomic E-state index is 13.5. The van der Waals surface area contributed by atoms with E-state index >= 15 is 0 Å². The summed E-state index contributed by atoms with van der Waals surface area (Å²) in [7, 11) is 3.29. The maximum Gasteiger partial charge on any atom is 0.220 e. The molecule has 2 N–H and O–H groups in total. The molecule has 2 aliphatic rings. The van der Waals surface area contributed by atoms with Crippen LogP contribution < -0.4 is 19.7 Å². The van der Waals surface area contributed by atoms with E-state index < -0.39 is 11.6 Å². The summed E-state index contributed by atoms with van der Waals surface area (Å²) in [6, 6.07) is 42.5. The Morgan fingerprint density at radius 2 is 1.33 bits per heavy atom. The number of amides is 1. The molecule has 0 bridgehead atoms. The Hall–Kier alpha value is -5.96. The highest BCUT2D eigenvalue weighted by Gasteiger charge is 2.44. The van der Waals surface area contributed by atoms with Crippen LogP contribution in [0, 0.1) is 0 Å². The second-order valence-electron chi connectivity index (χ2n) is 17.5. The van der Waals surface area contributed by atoms with Gasteiger partial charge in [-0.1, -0.05) is 111 Å². The first-order valence-corrected chi connectivity index (χ1v) is 22.4. The van der Waals surface area contributed by atoms with E-state index in [1.165, 1.54) is 33.9 Å². The average Bonchev–Trinajstić information content (AvgIpc) is 3.67. The largest absolute Gasteiger partial charge is 0.497 e. The molecule has 5 aromatic rings. The number of unbranched alkanes of at least 4 members (excludes halogenated alkanes) is 2. The zero-order valence-corrected chi connectivity index (χ0v) is 38.1. The number of aliphatic hydroxyl groups excluding tert-OH is 1. The fourth-order valence-corrected chi connectivity index (χ4v) is 9.57. The summed E-state index contributed by atoms with van der Waals surface area (Å²) in [5.41, 5.74) is 9.17. The molecule has 328 valence electrons. The van der Waals surface area contributed by atoms with Crippen molar-refractivity contribution in [1.29, 1.82) is 0 Å². The third kappa shape index (κ3) is 9.11. The van der Waals surface area contributed by atoms with Crippen LogP contribution in [0.1, 0.15) is 88.1 Å². The van der Waals surface area contributed by atoms with Crippen LogP contribution in [0.3, 0.4) is 0 Å². The summed E-state index contributed by atoms with van der Waals surface area (Å²) in [6.45, 7) is 13.1. The Kier molecular flexibility index (Phi) is 14.0. The third-order valence-electron chi connectivity index (χ3n) is 13.0. The molecule has 0 aliphatic carbocycles. The molecule has 2 aliphatic heterocycles. The van der Waals surface area contributed by atoms with Gasteiger partial charge in [0.05, 0.1) is 38.9 Å². The first kappa shape index (κ1) is 45.1. The summed E-state index contributed by atoms with van der Waals surface area (Å²) in [5.74, 6) is 1.35. The zero-order valence-electron chi connectivity index (χ0n) is 38.1. The van der Waals surface area contributed by atoms with Crippen LogP contribution >= 0.6 is 0 Å². The molecule has 0 spiro atoms. The lowest BCUT2D eigenvalue weighted by molar-refractivity contribution is -0.438. The van der Waals surface area contributed by atoms with E-state index in [0.717, 1.165) is 60.5 Å². The minimum Gasteiger partial charge on any atom is -0.497 e. The summed E-state index contributed by atoms with van der Waals surface area (Å²) in [6.07, 6.45) is 9.75. The molecule has 8 heteroatoms. The number of rotatable bonds is 19. The van der Waals surface area contributed by atoms with Gasteiger partial charge >= 0.3 is 0 Å². The van der Waals surface area contributed by atoms with Gasteiger partial charge in [0.2, 0.25) is 11.6 Å². The van der Waals surface area contributed by atoms with Gasteiger partial charge in [-0.3, -0.25) is 4.79 Å². The molecular weight excluding hydrogens is 783 g/mol. The van der Waals surface area contributed by atoms with E-state index in [1.807, 2.05) is 78.9 Å². The van der Waals surface area contributed by atoms with Gasteiger partial charge in [-0.15, -0.1) is 0 Å². The highest BCUT2D eigenvalue weighted by atomic mass is 16.5. The highest BCUT2D eigenvalue weighted by Crippen LogP contribution is 2.48. The van der Waals surface area contributed by atoms with Gasteiger partial charge in [-0.2, -0.15) is 4.58 Å². The number of nitrogens with one attached hydrogen (secondary N) is 1. The number of methoxy groups -OCH3 is 2. The number of ether oxygens (including phenoxy) is 3. The predicted octanol–water partition coefficient (Wildman–Crippen LogP) is 10.4. The Morgan fingerprint density at radius 3 is 1.95 bits per heavy atom. The number of fused-ring (bicyclic) bond motifs is 2. The van der Waals surface area contributed by atoms with E-state index in [4.69, 9.17) is 14.2 Å². The summed E-state index contributed by atoms with van der Waals surface area (Å²) < 4.78 is 20.4. The van der Waals surface area contributed by atoms with Crippen LogP contribution in [0.2, 0.25) is 0 Å². The predicted molar refractivity (Wildman–Crippen MR) is 255 cm³/mol. The molecule has 0 aromatic heterocycles. The monoisotopic (exact) mass is 846 g/mol. The SMILES string of the molecule is CCN1/C(=C/C=C/C2=[N+](CCCCCC(=O)NC(CO)COC(c3ccccc3)(c3ccc(OC)cc3)c3ccc(OC)cc3)c3ccccc3C2(C)C)C(C)(C)c2ccccc21. The van der Waals surface area contributed by atoms with Gasteiger partial charge in [0.25, 0.3) is 0 Å². The molecule has 0 radical (unpaired) electrons. The minimum atomic E-state index is -1.06. The number of hydrogen-bond acceptors (Lipinski definition) is 6.